The Balaban J connectivity index is 2.51. The quantitative estimate of drug-likeness (QED) is 0.493. The molecule has 76 valence electrons. The lowest BCUT2D eigenvalue weighted by atomic mass is 10.1. The lowest BCUT2D eigenvalue weighted by Gasteiger charge is -2.30. The Kier molecular flexibility index (Phi) is 3.69. The van der Waals surface area contributed by atoms with Gasteiger partial charge in [-0.1, -0.05) is 6.92 Å². The zero-order valence-electron chi connectivity index (χ0n) is 8.42. The van der Waals surface area contributed by atoms with Crippen LogP contribution in [-0.4, -0.2) is 43.1 Å². The molecule has 1 saturated heterocycles. The van der Waals surface area contributed by atoms with Crippen LogP contribution < -0.4 is 5.73 Å². The maximum Gasteiger partial charge on any atom is 0.108 e. The molecule has 0 spiro atoms. The first-order chi connectivity index (χ1) is 6.16. The summed E-state index contributed by atoms with van der Waals surface area (Å²) in [5, 5.41) is 7.44. The summed E-state index contributed by atoms with van der Waals surface area (Å²) in [7, 11) is 2.02. The molecule has 2 atom stereocenters. The van der Waals surface area contributed by atoms with Crippen LogP contribution in [0.1, 0.15) is 19.8 Å². The van der Waals surface area contributed by atoms with E-state index in [0.717, 1.165) is 26.1 Å². The number of ether oxygens (including phenoxy) is 1. The van der Waals surface area contributed by atoms with Gasteiger partial charge < -0.3 is 10.5 Å². The van der Waals surface area contributed by atoms with E-state index in [0.29, 0.717) is 6.04 Å². The molecule has 1 fully saturated rings. The van der Waals surface area contributed by atoms with Crippen LogP contribution in [0.25, 0.3) is 0 Å². The van der Waals surface area contributed by atoms with E-state index in [4.69, 9.17) is 15.9 Å². The van der Waals surface area contributed by atoms with Crippen LogP contribution in [0.3, 0.4) is 0 Å². The summed E-state index contributed by atoms with van der Waals surface area (Å²) in [6, 6.07) is 0.514. The number of nitrogens with one attached hydrogen (secondary N) is 1. The van der Waals surface area contributed by atoms with Crippen LogP contribution in [0.2, 0.25) is 0 Å². The monoisotopic (exact) mass is 185 g/mol. The standard InChI is InChI=1S/C9H19N3O/c1-3-8(9(10)11)12(2)7-4-5-13-6-7/h7-8H,3-6H2,1-2H3,(H3,10,11). The number of hydrogen-bond acceptors (Lipinski definition) is 3. The third-order valence-corrected chi connectivity index (χ3v) is 2.72. The highest BCUT2D eigenvalue weighted by Crippen LogP contribution is 2.14. The van der Waals surface area contributed by atoms with Crippen molar-refractivity contribution in [3.63, 3.8) is 0 Å². The van der Waals surface area contributed by atoms with Crippen molar-refractivity contribution in [2.75, 3.05) is 20.3 Å². The second-order valence-corrected chi connectivity index (χ2v) is 3.56. The van der Waals surface area contributed by atoms with E-state index in [1.165, 1.54) is 0 Å². The third-order valence-electron chi connectivity index (χ3n) is 2.72. The van der Waals surface area contributed by atoms with E-state index < -0.39 is 0 Å². The molecule has 4 heteroatoms. The molecule has 0 bridgehead atoms. The summed E-state index contributed by atoms with van der Waals surface area (Å²) in [4.78, 5) is 2.16. The molecule has 2 unspecified atom stereocenters. The van der Waals surface area contributed by atoms with Crippen LogP contribution in [0.5, 0.6) is 0 Å². The zero-order valence-corrected chi connectivity index (χ0v) is 8.42. The van der Waals surface area contributed by atoms with Crippen LogP contribution in [0.15, 0.2) is 0 Å². The van der Waals surface area contributed by atoms with Crippen molar-refractivity contribution in [1.82, 2.24) is 4.90 Å². The Hall–Kier alpha value is -0.610. The molecule has 0 aromatic rings. The number of hydrogen-bond donors (Lipinski definition) is 2. The van der Waals surface area contributed by atoms with Crippen molar-refractivity contribution in [3.8, 4) is 0 Å². The number of nitrogens with two attached hydrogens (primary N) is 1. The van der Waals surface area contributed by atoms with E-state index in [9.17, 15) is 0 Å². The van der Waals surface area contributed by atoms with Gasteiger partial charge in [0.05, 0.1) is 12.6 Å². The summed E-state index contributed by atoms with van der Waals surface area (Å²) in [6.45, 7) is 3.67. The smallest absolute Gasteiger partial charge is 0.108 e. The summed E-state index contributed by atoms with van der Waals surface area (Å²) in [5.41, 5.74) is 5.52. The minimum absolute atomic E-state index is 0.0756. The van der Waals surface area contributed by atoms with E-state index in [-0.39, 0.29) is 11.9 Å². The highest BCUT2D eigenvalue weighted by molar-refractivity contribution is 5.82. The summed E-state index contributed by atoms with van der Waals surface area (Å²) in [6.07, 6.45) is 1.95. The van der Waals surface area contributed by atoms with Gasteiger partial charge >= 0.3 is 0 Å². The third kappa shape index (κ3) is 2.42. The fourth-order valence-electron chi connectivity index (χ4n) is 1.83. The van der Waals surface area contributed by atoms with E-state index in [2.05, 4.69) is 11.8 Å². The molecule has 0 saturated carbocycles. The molecule has 0 radical (unpaired) electrons. The highest BCUT2D eigenvalue weighted by Gasteiger charge is 2.26. The van der Waals surface area contributed by atoms with Crippen LogP contribution in [-0.2, 0) is 4.74 Å². The summed E-state index contributed by atoms with van der Waals surface area (Å²) >= 11 is 0. The predicted octanol–water partition coefficient (Wildman–Crippen LogP) is 0.422. The van der Waals surface area contributed by atoms with Crippen LogP contribution in [0.4, 0.5) is 0 Å². The first kappa shape index (κ1) is 10.5. The Morgan fingerprint density at radius 2 is 2.46 bits per heavy atom. The van der Waals surface area contributed by atoms with Crippen molar-refractivity contribution in [2.24, 2.45) is 5.73 Å². The Bertz CT molecular complexity index is 178. The van der Waals surface area contributed by atoms with E-state index in [1.807, 2.05) is 7.05 Å². The molecule has 1 aliphatic rings. The largest absolute Gasteiger partial charge is 0.386 e. The Morgan fingerprint density at radius 3 is 2.85 bits per heavy atom. The molecule has 0 amide bonds. The number of nitrogens with zero attached hydrogens (tertiary/aromatic N) is 1. The average Bonchev–Trinajstić information content (AvgIpc) is 2.56. The molecule has 1 aliphatic heterocycles. The van der Waals surface area contributed by atoms with Gasteiger partial charge in [0.2, 0.25) is 0 Å². The first-order valence-corrected chi connectivity index (χ1v) is 4.80. The molecular weight excluding hydrogens is 166 g/mol. The second kappa shape index (κ2) is 4.58. The minimum atomic E-state index is 0.0756. The maximum absolute atomic E-state index is 7.44. The van der Waals surface area contributed by atoms with Gasteiger partial charge in [0.15, 0.2) is 0 Å². The zero-order chi connectivity index (χ0) is 9.84. The van der Waals surface area contributed by atoms with Crippen molar-refractivity contribution in [2.45, 2.75) is 31.8 Å². The fourth-order valence-corrected chi connectivity index (χ4v) is 1.83. The topological polar surface area (TPSA) is 62.3 Å². The van der Waals surface area contributed by atoms with E-state index in [1.54, 1.807) is 0 Å². The number of amidine groups is 1. The molecule has 0 aliphatic carbocycles. The first-order valence-electron chi connectivity index (χ1n) is 4.80. The lowest BCUT2D eigenvalue weighted by molar-refractivity contribution is 0.148. The van der Waals surface area contributed by atoms with Gasteiger partial charge in [0.1, 0.15) is 5.84 Å². The lowest BCUT2D eigenvalue weighted by Crippen LogP contribution is -2.47. The molecule has 3 N–H and O–H groups in total. The molecule has 4 nitrogen and oxygen atoms in total. The normalized spacial score (nSPS) is 25.0. The van der Waals surface area contributed by atoms with Crippen molar-refractivity contribution < 1.29 is 4.74 Å². The van der Waals surface area contributed by atoms with Crippen LogP contribution >= 0.6 is 0 Å². The summed E-state index contributed by atoms with van der Waals surface area (Å²) in [5.74, 6) is 0.261. The second-order valence-electron chi connectivity index (χ2n) is 3.56. The van der Waals surface area contributed by atoms with Crippen molar-refractivity contribution in [3.05, 3.63) is 0 Å². The maximum atomic E-state index is 7.44. The SMILES string of the molecule is CCC(C(=N)N)N(C)C1CCOC1. The van der Waals surface area contributed by atoms with Gasteiger partial charge in [-0.3, -0.25) is 10.3 Å². The van der Waals surface area contributed by atoms with Gasteiger partial charge in [-0.2, -0.15) is 0 Å². The van der Waals surface area contributed by atoms with Gasteiger partial charge in [0.25, 0.3) is 0 Å². The molecule has 1 heterocycles. The highest BCUT2D eigenvalue weighted by atomic mass is 16.5. The summed E-state index contributed by atoms with van der Waals surface area (Å²) < 4.78 is 5.30. The van der Waals surface area contributed by atoms with Gasteiger partial charge in [-0.05, 0) is 19.9 Å². The van der Waals surface area contributed by atoms with Gasteiger partial charge in [-0.25, -0.2) is 0 Å². The number of rotatable bonds is 4. The van der Waals surface area contributed by atoms with Crippen LogP contribution in [0, 0.1) is 5.41 Å². The van der Waals surface area contributed by atoms with E-state index >= 15 is 0 Å². The molecule has 13 heavy (non-hydrogen) atoms. The van der Waals surface area contributed by atoms with Gasteiger partial charge in [0, 0.05) is 12.6 Å². The Morgan fingerprint density at radius 1 is 1.77 bits per heavy atom. The predicted molar refractivity (Wildman–Crippen MR) is 53.0 cm³/mol. The molecule has 1 rings (SSSR count). The fraction of sp³-hybridized carbons (Fsp3) is 0.889. The minimum Gasteiger partial charge on any atom is -0.386 e. The Labute approximate surface area is 79.6 Å². The van der Waals surface area contributed by atoms with Gasteiger partial charge in [-0.15, -0.1) is 0 Å². The van der Waals surface area contributed by atoms with Crippen molar-refractivity contribution in [1.29, 1.82) is 5.41 Å². The molecule has 0 aromatic carbocycles. The number of likely N-dealkylation sites (N-methyl/N-ethyl adjacent to an activating group) is 1. The average molecular weight is 185 g/mol. The molecule has 0 aromatic heterocycles. The molecular formula is C9H19N3O. The van der Waals surface area contributed by atoms with Crippen molar-refractivity contribution >= 4 is 5.84 Å².